The van der Waals surface area contributed by atoms with E-state index in [-0.39, 0.29) is 12.5 Å². The van der Waals surface area contributed by atoms with Gasteiger partial charge in [0.2, 0.25) is 5.91 Å². The minimum absolute atomic E-state index is 0.290. The first-order chi connectivity index (χ1) is 14.1. The molecule has 4 rings (SSSR count). The summed E-state index contributed by atoms with van der Waals surface area (Å²) >= 11 is 0. The van der Waals surface area contributed by atoms with Gasteiger partial charge >= 0.3 is 6.03 Å². The number of carbonyl (C=O) groups is 3. The molecule has 0 bridgehead atoms. The van der Waals surface area contributed by atoms with Crippen LogP contribution in [0, 0.1) is 0 Å². The Morgan fingerprint density at radius 1 is 1.14 bits per heavy atom. The van der Waals surface area contributed by atoms with E-state index in [0.717, 1.165) is 29.0 Å². The number of carbonyl (C=O) groups excluding carboxylic acids is 3. The number of nitrogens with one attached hydrogen (secondary N) is 2. The van der Waals surface area contributed by atoms with Gasteiger partial charge in [0.25, 0.3) is 5.91 Å². The number of imide groups is 1. The molecular weight excluding hydrogens is 368 g/mol. The molecule has 148 valence electrons. The Morgan fingerprint density at radius 2 is 1.97 bits per heavy atom. The van der Waals surface area contributed by atoms with E-state index in [1.165, 1.54) is 0 Å². The van der Waals surface area contributed by atoms with E-state index in [1.807, 2.05) is 48.6 Å². The zero-order valence-electron chi connectivity index (χ0n) is 15.9. The van der Waals surface area contributed by atoms with Crippen LogP contribution in [0.3, 0.4) is 0 Å². The van der Waals surface area contributed by atoms with Gasteiger partial charge in [0.15, 0.2) is 0 Å². The highest BCUT2D eigenvalue weighted by molar-refractivity contribution is 6.10. The zero-order chi connectivity index (χ0) is 20.3. The van der Waals surface area contributed by atoms with Gasteiger partial charge in [-0.25, -0.2) is 4.79 Å². The molecule has 0 atom stereocenters. The summed E-state index contributed by atoms with van der Waals surface area (Å²) in [4.78, 5) is 42.6. The fourth-order valence-corrected chi connectivity index (χ4v) is 3.86. The Balaban J connectivity index is 1.39. The Labute approximate surface area is 168 Å². The number of benzene rings is 1. The minimum atomic E-state index is -0.798. The number of hydrogen-bond acceptors (Lipinski definition) is 4. The molecule has 1 aliphatic carbocycles. The lowest BCUT2D eigenvalue weighted by molar-refractivity contribution is -0.133. The molecule has 1 saturated carbocycles. The summed E-state index contributed by atoms with van der Waals surface area (Å²) in [6, 6.07) is 12.5. The van der Waals surface area contributed by atoms with Crippen LogP contribution in [0.1, 0.15) is 36.9 Å². The smallest absolute Gasteiger partial charge is 0.325 e. The summed E-state index contributed by atoms with van der Waals surface area (Å²) < 4.78 is 0. The number of pyridine rings is 1. The molecule has 2 aromatic rings. The van der Waals surface area contributed by atoms with Crippen LogP contribution < -0.4 is 10.6 Å². The van der Waals surface area contributed by atoms with E-state index in [9.17, 15) is 14.4 Å². The standard InChI is InChI=1S/C22H22N4O3/c27-19(15-26-20(28)22(25-21(26)29)11-2-3-12-22)24-18-8-5-6-16(14-18)9-10-17-7-1-4-13-23-17/h1,4-10,13-14H,2-3,11-12,15H2,(H,24,27)(H,25,29)/b10-9+. The number of hydrogen-bond donors (Lipinski definition) is 2. The fourth-order valence-electron chi connectivity index (χ4n) is 3.86. The molecule has 7 nitrogen and oxygen atoms in total. The Morgan fingerprint density at radius 3 is 2.72 bits per heavy atom. The first kappa shape index (κ1) is 18.9. The van der Waals surface area contributed by atoms with Gasteiger partial charge in [0.05, 0.1) is 5.69 Å². The van der Waals surface area contributed by atoms with Crippen molar-refractivity contribution < 1.29 is 14.4 Å². The molecule has 29 heavy (non-hydrogen) atoms. The van der Waals surface area contributed by atoms with Crippen molar-refractivity contribution in [1.82, 2.24) is 15.2 Å². The lowest BCUT2D eigenvalue weighted by Crippen LogP contribution is -2.44. The molecule has 1 aliphatic heterocycles. The van der Waals surface area contributed by atoms with E-state index < -0.39 is 17.5 Å². The van der Waals surface area contributed by atoms with Gasteiger partial charge in [-0.05, 0) is 48.7 Å². The van der Waals surface area contributed by atoms with E-state index in [1.54, 1.807) is 12.3 Å². The monoisotopic (exact) mass is 390 g/mol. The summed E-state index contributed by atoms with van der Waals surface area (Å²) in [5, 5.41) is 5.55. The maximum atomic E-state index is 12.6. The lowest BCUT2D eigenvalue weighted by atomic mass is 9.98. The molecule has 2 N–H and O–H groups in total. The highest BCUT2D eigenvalue weighted by Crippen LogP contribution is 2.34. The van der Waals surface area contributed by atoms with Crippen LogP contribution in [0.2, 0.25) is 0 Å². The van der Waals surface area contributed by atoms with E-state index in [4.69, 9.17) is 0 Å². The van der Waals surface area contributed by atoms with Gasteiger partial charge in [-0.15, -0.1) is 0 Å². The van der Waals surface area contributed by atoms with E-state index in [0.29, 0.717) is 18.5 Å². The normalized spacial score (nSPS) is 17.9. The number of aromatic nitrogens is 1. The Kier molecular flexibility index (Phi) is 5.12. The number of urea groups is 1. The van der Waals surface area contributed by atoms with Crippen molar-refractivity contribution in [1.29, 1.82) is 0 Å². The predicted molar refractivity (Wildman–Crippen MR) is 110 cm³/mol. The van der Waals surface area contributed by atoms with Crippen LogP contribution >= 0.6 is 0 Å². The van der Waals surface area contributed by atoms with Crippen LogP contribution in [0.5, 0.6) is 0 Å². The first-order valence-corrected chi connectivity index (χ1v) is 9.69. The van der Waals surface area contributed by atoms with Crippen molar-refractivity contribution in [2.24, 2.45) is 0 Å². The van der Waals surface area contributed by atoms with Crippen LogP contribution in [0.4, 0.5) is 10.5 Å². The summed E-state index contributed by atoms with van der Waals surface area (Å²) in [5.41, 5.74) is 1.53. The fraction of sp³-hybridized carbons (Fsp3) is 0.273. The second-order valence-electron chi connectivity index (χ2n) is 7.37. The Hall–Kier alpha value is -3.48. The molecule has 0 radical (unpaired) electrons. The molecule has 4 amide bonds. The summed E-state index contributed by atoms with van der Waals surface area (Å²) in [5.74, 6) is -0.698. The van der Waals surface area contributed by atoms with Gasteiger partial charge < -0.3 is 10.6 Å². The molecule has 7 heteroatoms. The molecular formula is C22H22N4O3. The van der Waals surface area contributed by atoms with Crippen molar-refractivity contribution in [3.63, 3.8) is 0 Å². The molecule has 0 unspecified atom stereocenters. The molecule has 1 aromatic carbocycles. The molecule has 2 aliphatic rings. The highest BCUT2D eigenvalue weighted by atomic mass is 16.2. The largest absolute Gasteiger partial charge is 0.325 e. The first-order valence-electron chi connectivity index (χ1n) is 9.69. The minimum Gasteiger partial charge on any atom is -0.325 e. The maximum absolute atomic E-state index is 12.6. The van der Waals surface area contributed by atoms with Crippen LogP contribution in [0.25, 0.3) is 12.2 Å². The second kappa shape index (κ2) is 7.87. The average molecular weight is 390 g/mol. The van der Waals surface area contributed by atoms with Crippen molar-refractivity contribution in [2.45, 2.75) is 31.2 Å². The summed E-state index contributed by atoms with van der Waals surface area (Å²) in [7, 11) is 0. The molecule has 1 aromatic heterocycles. The summed E-state index contributed by atoms with van der Waals surface area (Å²) in [6.45, 7) is -0.291. The number of amides is 4. The van der Waals surface area contributed by atoms with E-state index in [2.05, 4.69) is 15.6 Å². The quantitative estimate of drug-likeness (QED) is 0.768. The van der Waals surface area contributed by atoms with Gasteiger partial charge in [0, 0.05) is 11.9 Å². The van der Waals surface area contributed by atoms with Crippen molar-refractivity contribution in [2.75, 3.05) is 11.9 Å². The number of anilines is 1. The SMILES string of the molecule is O=C(CN1C(=O)NC2(CCCC2)C1=O)Nc1cccc(/C=C/c2ccccn2)c1. The van der Waals surface area contributed by atoms with Crippen molar-refractivity contribution in [3.05, 3.63) is 59.9 Å². The molecule has 1 spiro atoms. The summed E-state index contributed by atoms with van der Waals surface area (Å²) in [6.07, 6.45) is 8.60. The van der Waals surface area contributed by atoms with Crippen LogP contribution in [-0.4, -0.2) is 39.8 Å². The van der Waals surface area contributed by atoms with Crippen LogP contribution in [0.15, 0.2) is 48.7 Å². The third-order valence-corrected chi connectivity index (χ3v) is 5.31. The second-order valence-corrected chi connectivity index (χ2v) is 7.37. The van der Waals surface area contributed by atoms with Crippen LogP contribution in [-0.2, 0) is 9.59 Å². The van der Waals surface area contributed by atoms with Gasteiger partial charge in [-0.1, -0.05) is 37.1 Å². The average Bonchev–Trinajstić information content (AvgIpc) is 3.28. The number of rotatable bonds is 5. The zero-order valence-corrected chi connectivity index (χ0v) is 15.9. The van der Waals surface area contributed by atoms with Gasteiger partial charge in [-0.2, -0.15) is 0 Å². The molecule has 2 fully saturated rings. The molecule has 2 heterocycles. The lowest BCUT2D eigenvalue weighted by Gasteiger charge is -2.19. The number of nitrogens with zero attached hydrogens (tertiary/aromatic N) is 2. The van der Waals surface area contributed by atoms with Gasteiger partial charge in [-0.3, -0.25) is 19.5 Å². The van der Waals surface area contributed by atoms with Crippen molar-refractivity contribution in [3.8, 4) is 0 Å². The third-order valence-electron chi connectivity index (χ3n) is 5.31. The predicted octanol–water partition coefficient (Wildman–Crippen LogP) is 3.06. The van der Waals surface area contributed by atoms with Gasteiger partial charge in [0.1, 0.15) is 12.1 Å². The topological polar surface area (TPSA) is 91.4 Å². The van der Waals surface area contributed by atoms with Crippen molar-refractivity contribution >= 4 is 35.7 Å². The third kappa shape index (κ3) is 4.03. The maximum Gasteiger partial charge on any atom is 0.325 e. The van der Waals surface area contributed by atoms with E-state index >= 15 is 0 Å². The molecule has 1 saturated heterocycles. The Bertz CT molecular complexity index is 965. The highest BCUT2D eigenvalue weighted by Gasteiger charge is 2.52.